The van der Waals surface area contributed by atoms with Crippen LogP contribution in [-0.2, 0) is 0 Å². The monoisotopic (exact) mass is 177 g/mol. The molecular formula is C9H17F2N. The van der Waals surface area contributed by atoms with E-state index >= 15 is 0 Å². The Morgan fingerprint density at radius 3 is 2.42 bits per heavy atom. The van der Waals surface area contributed by atoms with Crippen molar-refractivity contribution in [2.45, 2.75) is 32.6 Å². The van der Waals surface area contributed by atoms with Gasteiger partial charge >= 0.3 is 0 Å². The Labute approximate surface area is 72.7 Å². The van der Waals surface area contributed by atoms with Gasteiger partial charge in [0.05, 0.1) is 0 Å². The SMILES string of the molecule is CN1CCC(F)(F)CC(C)(C)C1. The molecule has 0 unspecified atom stereocenters. The van der Waals surface area contributed by atoms with E-state index in [1.165, 1.54) is 0 Å². The van der Waals surface area contributed by atoms with Crippen LogP contribution in [0.2, 0.25) is 0 Å². The molecule has 3 heteroatoms. The van der Waals surface area contributed by atoms with Crippen LogP contribution in [0.1, 0.15) is 26.7 Å². The van der Waals surface area contributed by atoms with Crippen molar-refractivity contribution in [3.05, 3.63) is 0 Å². The minimum atomic E-state index is -2.46. The van der Waals surface area contributed by atoms with Gasteiger partial charge in [-0.2, -0.15) is 0 Å². The first kappa shape index (κ1) is 9.90. The van der Waals surface area contributed by atoms with Crippen molar-refractivity contribution in [3.63, 3.8) is 0 Å². The molecule has 0 saturated carbocycles. The summed E-state index contributed by atoms with van der Waals surface area (Å²) >= 11 is 0. The highest BCUT2D eigenvalue weighted by Gasteiger charge is 2.39. The third-order valence-electron chi connectivity index (χ3n) is 2.29. The molecule has 0 aromatic carbocycles. The minimum Gasteiger partial charge on any atom is -0.306 e. The molecular weight excluding hydrogens is 160 g/mol. The lowest BCUT2D eigenvalue weighted by atomic mass is 9.86. The normalized spacial score (nSPS) is 29.8. The van der Waals surface area contributed by atoms with E-state index in [4.69, 9.17) is 0 Å². The second-order valence-electron chi connectivity index (χ2n) is 4.68. The van der Waals surface area contributed by atoms with Gasteiger partial charge < -0.3 is 4.90 Å². The summed E-state index contributed by atoms with van der Waals surface area (Å²) in [5.74, 6) is -2.46. The molecule has 1 fully saturated rings. The van der Waals surface area contributed by atoms with Gasteiger partial charge in [-0.05, 0) is 12.5 Å². The van der Waals surface area contributed by atoms with Crippen LogP contribution >= 0.6 is 0 Å². The van der Waals surface area contributed by atoms with Crippen molar-refractivity contribution in [2.75, 3.05) is 20.1 Å². The highest BCUT2D eigenvalue weighted by atomic mass is 19.3. The van der Waals surface area contributed by atoms with Gasteiger partial charge in [0.25, 0.3) is 0 Å². The first-order chi connectivity index (χ1) is 5.31. The molecule has 1 aliphatic heterocycles. The van der Waals surface area contributed by atoms with E-state index < -0.39 is 5.92 Å². The fourth-order valence-electron chi connectivity index (χ4n) is 2.01. The molecule has 0 aliphatic carbocycles. The molecule has 1 rings (SSSR count). The number of hydrogen-bond acceptors (Lipinski definition) is 1. The summed E-state index contributed by atoms with van der Waals surface area (Å²) in [6, 6.07) is 0. The van der Waals surface area contributed by atoms with Crippen molar-refractivity contribution in [1.82, 2.24) is 4.90 Å². The Hall–Kier alpha value is -0.180. The maximum atomic E-state index is 13.1. The second kappa shape index (κ2) is 2.95. The molecule has 0 N–H and O–H groups in total. The second-order valence-corrected chi connectivity index (χ2v) is 4.68. The molecule has 0 bridgehead atoms. The predicted octanol–water partition coefficient (Wildman–Crippen LogP) is 2.37. The molecule has 1 heterocycles. The molecule has 1 saturated heterocycles. The van der Waals surface area contributed by atoms with Crippen LogP contribution in [0.5, 0.6) is 0 Å². The van der Waals surface area contributed by atoms with E-state index in [0.29, 0.717) is 6.54 Å². The number of likely N-dealkylation sites (tertiary alicyclic amines) is 1. The van der Waals surface area contributed by atoms with Crippen LogP contribution in [-0.4, -0.2) is 31.0 Å². The Balaban J connectivity index is 2.69. The Morgan fingerprint density at radius 1 is 1.25 bits per heavy atom. The van der Waals surface area contributed by atoms with Gasteiger partial charge in [-0.15, -0.1) is 0 Å². The topological polar surface area (TPSA) is 3.24 Å². The number of alkyl halides is 2. The predicted molar refractivity (Wildman–Crippen MR) is 45.5 cm³/mol. The van der Waals surface area contributed by atoms with Gasteiger partial charge in [-0.3, -0.25) is 0 Å². The fourth-order valence-corrected chi connectivity index (χ4v) is 2.01. The summed E-state index contributed by atoms with van der Waals surface area (Å²) in [7, 11) is 1.91. The summed E-state index contributed by atoms with van der Waals surface area (Å²) in [6.45, 7) is 5.09. The molecule has 1 aliphatic rings. The first-order valence-corrected chi connectivity index (χ1v) is 4.37. The minimum absolute atomic E-state index is 0.00687. The van der Waals surface area contributed by atoms with Gasteiger partial charge in [0.1, 0.15) is 0 Å². The zero-order chi connectivity index (χ0) is 9.41. The van der Waals surface area contributed by atoms with E-state index in [1.54, 1.807) is 0 Å². The zero-order valence-corrected chi connectivity index (χ0v) is 8.03. The molecule has 0 spiro atoms. The lowest BCUT2D eigenvalue weighted by Crippen LogP contribution is -2.30. The Kier molecular flexibility index (Phi) is 2.43. The third kappa shape index (κ3) is 2.70. The highest BCUT2D eigenvalue weighted by molar-refractivity contribution is 4.84. The van der Waals surface area contributed by atoms with Gasteiger partial charge in [0, 0.05) is 25.9 Å². The van der Waals surface area contributed by atoms with Gasteiger partial charge in [-0.1, -0.05) is 13.8 Å². The van der Waals surface area contributed by atoms with Crippen LogP contribution in [0.15, 0.2) is 0 Å². The van der Waals surface area contributed by atoms with Crippen LogP contribution in [0.3, 0.4) is 0 Å². The lowest BCUT2D eigenvalue weighted by Gasteiger charge is -2.27. The maximum Gasteiger partial charge on any atom is 0.249 e. The largest absolute Gasteiger partial charge is 0.306 e. The molecule has 0 atom stereocenters. The highest BCUT2D eigenvalue weighted by Crippen LogP contribution is 2.37. The van der Waals surface area contributed by atoms with Crippen molar-refractivity contribution in [1.29, 1.82) is 0 Å². The average Bonchev–Trinajstić information content (AvgIpc) is 1.86. The Bertz CT molecular complexity index is 166. The lowest BCUT2D eigenvalue weighted by molar-refractivity contribution is -0.0345. The molecule has 0 amide bonds. The fraction of sp³-hybridized carbons (Fsp3) is 1.00. The number of halogens is 2. The van der Waals surface area contributed by atoms with Crippen LogP contribution < -0.4 is 0 Å². The molecule has 0 aromatic rings. The average molecular weight is 177 g/mol. The van der Waals surface area contributed by atoms with E-state index in [2.05, 4.69) is 0 Å². The smallest absolute Gasteiger partial charge is 0.249 e. The number of hydrogen-bond donors (Lipinski definition) is 0. The van der Waals surface area contributed by atoms with Crippen molar-refractivity contribution in [3.8, 4) is 0 Å². The van der Waals surface area contributed by atoms with Crippen molar-refractivity contribution in [2.24, 2.45) is 5.41 Å². The summed E-state index contributed by atoms with van der Waals surface area (Å²) in [5, 5.41) is 0. The van der Waals surface area contributed by atoms with Gasteiger partial charge in [0.2, 0.25) is 5.92 Å². The molecule has 72 valence electrons. The van der Waals surface area contributed by atoms with E-state index in [9.17, 15) is 8.78 Å². The molecule has 1 nitrogen and oxygen atoms in total. The number of nitrogens with zero attached hydrogens (tertiary/aromatic N) is 1. The quantitative estimate of drug-likeness (QED) is 0.549. The van der Waals surface area contributed by atoms with Crippen LogP contribution in [0.4, 0.5) is 8.78 Å². The van der Waals surface area contributed by atoms with E-state index in [1.807, 2.05) is 25.8 Å². The summed E-state index contributed by atoms with van der Waals surface area (Å²) < 4.78 is 26.2. The summed E-state index contributed by atoms with van der Waals surface area (Å²) in [4.78, 5) is 1.99. The third-order valence-corrected chi connectivity index (χ3v) is 2.29. The van der Waals surface area contributed by atoms with Gasteiger partial charge in [-0.25, -0.2) is 8.78 Å². The first-order valence-electron chi connectivity index (χ1n) is 4.37. The van der Waals surface area contributed by atoms with E-state index in [0.717, 1.165) is 6.54 Å². The summed E-state index contributed by atoms with van der Waals surface area (Å²) in [5.41, 5.74) is -0.255. The zero-order valence-electron chi connectivity index (χ0n) is 8.03. The Morgan fingerprint density at radius 2 is 1.83 bits per heavy atom. The van der Waals surface area contributed by atoms with Gasteiger partial charge in [0.15, 0.2) is 0 Å². The van der Waals surface area contributed by atoms with Crippen LogP contribution in [0.25, 0.3) is 0 Å². The molecule has 0 radical (unpaired) electrons. The van der Waals surface area contributed by atoms with Crippen LogP contribution in [0, 0.1) is 5.41 Å². The standard InChI is InChI=1S/C9H17F2N/c1-8(2)6-9(10,11)4-5-12(3)7-8/h4-7H2,1-3H3. The maximum absolute atomic E-state index is 13.1. The number of rotatable bonds is 0. The van der Waals surface area contributed by atoms with Crippen molar-refractivity contribution < 1.29 is 8.78 Å². The molecule has 12 heavy (non-hydrogen) atoms. The van der Waals surface area contributed by atoms with E-state index in [-0.39, 0.29) is 18.3 Å². The summed E-state index contributed by atoms with van der Waals surface area (Å²) in [6.07, 6.45) is 0.0251. The molecule has 0 aromatic heterocycles. The van der Waals surface area contributed by atoms with Crippen molar-refractivity contribution >= 4 is 0 Å².